The minimum absolute atomic E-state index is 0.279. The molecule has 1 aliphatic rings. The van der Waals surface area contributed by atoms with Gasteiger partial charge in [0.2, 0.25) is 0 Å². The average Bonchev–Trinajstić information content (AvgIpc) is 2.27. The van der Waals surface area contributed by atoms with E-state index in [4.69, 9.17) is 5.73 Å². The van der Waals surface area contributed by atoms with E-state index in [1.165, 1.54) is 45.3 Å². The van der Waals surface area contributed by atoms with Gasteiger partial charge in [-0.2, -0.15) is 0 Å². The predicted octanol–water partition coefficient (Wildman–Crippen LogP) is 1.14. The van der Waals surface area contributed by atoms with Gasteiger partial charge in [0, 0.05) is 12.1 Å². The van der Waals surface area contributed by atoms with Crippen LogP contribution in [0.5, 0.6) is 0 Å². The molecule has 0 unspecified atom stereocenters. The number of likely N-dealkylation sites (tertiary alicyclic amines) is 1. The van der Waals surface area contributed by atoms with Gasteiger partial charge in [-0.3, -0.25) is 4.90 Å². The Labute approximate surface area is 94.6 Å². The van der Waals surface area contributed by atoms with Crippen LogP contribution in [0.25, 0.3) is 0 Å². The van der Waals surface area contributed by atoms with Gasteiger partial charge in [-0.05, 0) is 53.0 Å². The van der Waals surface area contributed by atoms with Gasteiger partial charge in [-0.1, -0.05) is 13.3 Å². The van der Waals surface area contributed by atoms with E-state index in [1.807, 2.05) is 0 Å². The summed E-state index contributed by atoms with van der Waals surface area (Å²) in [5.41, 5.74) is 6.28. The third-order valence-electron chi connectivity index (χ3n) is 3.95. The SMILES string of the molecule is CCCCN(C)C1(CN)CCN(C)CC1. The van der Waals surface area contributed by atoms with Gasteiger partial charge in [-0.15, -0.1) is 0 Å². The van der Waals surface area contributed by atoms with E-state index in [2.05, 4.69) is 30.8 Å². The highest BCUT2D eigenvalue weighted by Gasteiger charge is 2.35. The van der Waals surface area contributed by atoms with Crippen molar-refractivity contribution in [1.82, 2.24) is 9.80 Å². The first-order valence-electron chi connectivity index (χ1n) is 6.24. The number of hydrogen-bond donors (Lipinski definition) is 1. The molecule has 90 valence electrons. The van der Waals surface area contributed by atoms with Crippen LogP contribution >= 0.6 is 0 Å². The lowest BCUT2D eigenvalue weighted by molar-refractivity contribution is 0.0532. The second-order valence-electron chi connectivity index (χ2n) is 5.01. The third kappa shape index (κ3) is 3.16. The molecule has 1 fully saturated rings. The normalized spacial score (nSPS) is 22.2. The molecule has 0 atom stereocenters. The molecule has 0 aromatic heterocycles. The number of piperidine rings is 1. The maximum Gasteiger partial charge on any atom is 0.0353 e. The molecular formula is C12H27N3. The summed E-state index contributed by atoms with van der Waals surface area (Å²) in [6.07, 6.45) is 5.00. The van der Waals surface area contributed by atoms with Gasteiger partial charge < -0.3 is 10.6 Å². The number of nitrogens with zero attached hydrogens (tertiary/aromatic N) is 2. The van der Waals surface area contributed by atoms with Crippen LogP contribution in [-0.2, 0) is 0 Å². The highest BCUT2D eigenvalue weighted by Crippen LogP contribution is 2.26. The predicted molar refractivity (Wildman–Crippen MR) is 66.1 cm³/mol. The molecular weight excluding hydrogens is 186 g/mol. The zero-order chi connectivity index (χ0) is 11.3. The average molecular weight is 213 g/mol. The molecule has 0 amide bonds. The topological polar surface area (TPSA) is 32.5 Å². The van der Waals surface area contributed by atoms with Crippen molar-refractivity contribution in [3.63, 3.8) is 0 Å². The molecule has 0 radical (unpaired) electrons. The molecule has 15 heavy (non-hydrogen) atoms. The summed E-state index contributed by atoms with van der Waals surface area (Å²) >= 11 is 0. The van der Waals surface area contributed by atoms with Crippen LogP contribution in [0, 0.1) is 0 Å². The van der Waals surface area contributed by atoms with Crippen LogP contribution in [0.15, 0.2) is 0 Å². The second kappa shape index (κ2) is 5.83. The summed E-state index contributed by atoms with van der Waals surface area (Å²) in [6, 6.07) is 0. The minimum atomic E-state index is 0.279. The van der Waals surface area contributed by atoms with Gasteiger partial charge in [0.1, 0.15) is 0 Å². The maximum absolute atomic E-state index is 6.00. The maximum atomic E-state index is 6.00. The van der Waals surface area contributed by atoms with Gasteiger partial charge in [0.05, 0.1) is 0 Å². The molecule has 1 heterocycles. The molecule has 1 aliphatic heterocycles. The smallest absolute Gasteiger partial charge is 0.0353 e. The first-order valence-corrected chi connectivity index (χ1v) is 6.24. The summed E-state index contributed by atoms with van der Waals surface area (Å²) in [6.45, 7) is 6.62. The zero-order valence-corrected chi connectivity index (χ0v) is 10.6. The van der Waals surface area contributed by atoms with Crippen LogP contribution < -0.4 is 5.73 Å². The number of likely N-dealkylation sites (N-methyl/N-ethyl adjacent to an activating group) is 1. The molecule has 1 rings (SSSR count). The first kappa shape index (κ1) is 12.9. The summed E-state index contributed by atoms with van der Waals surface area (Å²) in [4.78, 5) is 4.91. The Morgan fingerprint density at radius 2 is 1.93 bits per heavy atom. The van der Waals surface area contributed by atoms with E-state index in [9.17, 15) is 0 Å². The quantitative estimate of drug-likeness (QED) is 0.743. The van der Waals surface area contributed by atoms with Crippen molar-refractivity contribution in [2.75, 3.05) is 40.3 Å². The second-order valence-corrected chi connectivity index (χ2v) is 5.01. The summed E-state index contributed by atoms with van der Waals surface area (Å²) in [5.74, 6) is 0. The summed E-state index contributed by atoms with van der Waals surface area (Å²) in [7, 11) is 4.44. The van der Waals surface area contributed by atoms with E-state index < -0.39 is 0 Å². The van der Waals surface area contributed by atoms with Crippen LogP contribution in [0.3, 0.4) is 0 Å². The van der Waals surface area contributed by atoms with Crippen molar-refractivity contribution in [2.24, 2.45) is 5.73 Å². The Morgan fingerprint density at radius 3 is 2.40 bits per heavy atom. The van der Waals surface area contributed by atoms with Crippen LogP contribution in [0.2, 0.25) is 0 Å². The van der Waals surface area contributed by atoms with E-state index in [1.54, 1.807) is 0 Å². The highest BCUT2D eigenvalue weighted by atomic mass is 15.2. The van der Waals surface area contributed by atoms with Gasteiger partial charge in [0.15, 0.2) is 0 Å². The molecule has 1 saturated heterocycles. The Balaban J connectivity index is 2.51. The standard InChI is InChI=1S/C12H27N3/c1-4-5-8-15(3)12(11-13)6-9-14(2)10-7-12/h4-11,13H2,1-3H3. The van der Waals surface area contributed by atoms with Crippen LogP contribution in [-0.4, -0.2) is 55.6 Å². The molecule has 0 bridgehead atoms. The Bertz CT molecular complexity index is 174. The Hall–Kier alpha value is -0.120. The fraction of sp³-hybridized carbons (Fsp3) is 1.00. The minimum Gasteiger partial charge on any atom is -0.329 e. The molecule has 2 N–H and O–H groups in total. The fourth-order valence-corrected chi connectivity index (χ4v) is 2.41. The van der Waals surface area contributed by atoms with Crippen molar-refractivity contribution >= 4 is 0 Å². The van der Waals surface area contributed by atoms with Crippen molar-refractivity contribution in [3.8, 4) is 0 Å². The molecule has 0 saturated carbocycles. The molecule has 3 heteroatoms. The number of rotatable bonds is 5. The first-order chi connectivity index (χ1) is 7.14. The van der Waals surface area contributed by atoms with E-state index >= 15 is 0 Å². The summed E-state index contributed by atoms with van der Waals surface area (Å²) < 4.78 is 0. The fourth-order valence-electron chi connectivity index (χ4n) is 2.41. The van der Waals surface area contributed by atoms with Crippen molar-refractivity contribution in [1.29, 1.82) is 0 Å². The highest BCUT2D eigenvalue weighted by molar-refractivity contribution is 4.94. The number of hydrogen-bond acceptors (Lipinski definition) is 3. The van der Waals surface area contributed by atoms with Gasteiger partial charge in [-0.25, -0.2) is 0 Å². The number of unbranched alkanes of at least 4 members (excludes halogenated alkanes) is 1. The largest absolute Gasteiger partial charge is 0.329 e. The van der Waals surface area contributed by atoms with Crippen LogP contribution in [0.1, 0.15) is 32.6 Å². The van der Waals surface area contributed by atoms with Crippen molar-refractivity contribution < 1.29 is 0 Å². The van der Waals surface area contributed by atoms with Crippen LogP contribution in [0.4, 0.5) is 0 Å². The lowest BCUT2D eigenvalue weighted by atomic mass is 9.86. The lowest BCUT2D eigenvalue weighted by Crippen LogP contribution is -2.57. The van der Waals surface area contributed by atoms with E-state index in [-0.39, 0.29) is 5.54 Å². The Morgan fingerprint density at radius 1 is 1.33 bits per heavy atom. The molecule has 0 aromatic carbocycles. The number of nitrogens with two attached hydrogens (primary N) is 1. The van der Waals surface area contributed by atoms with Crippen molar-refractivity contribution in [2.45, 2.75) is 38.1 Å². The monoisotopic (exact) mass is 213 g/mol. The lowest BCUT2D eigenvalue weighted by Gasteiger charge is -2.46. The Kier molecular flexibility index (Phi) is 5.03. The van der Waals surface area contributed by atoms with Crippen molar-refractivity contribution in [3.05, 3.63) is 0 Å². The molecule has 3 nitrogen and oxygen atoms in total. The zero-order valence-electron chi connectivity index (χ0n) is 10.6. The molecule has 0 spiro atoms. The van der Waals surface area contributed by atoms with E-state index in [0.29, 0.717) is 0 Å². The van der Waals surface area contributed by atoms with Gasteiger partial charge in [0.25, 0.3) is 0 Å². The van der Waals surface area contributed by atoms with E-state index in [0.717, 1.165) is 6.54 Å². The third-order valence-corrected chi connectivity index (χ3v) is 3.95. The molecule has 0 aliphatic carbocycles. The van der Waals surface area contributed by atoms with Gasteiger partial charge >= 0.3 is 0 Å². The molecule has 0 aromatic rings. The summed E-state index contributed by atoms with van der Waals surface area (Å²) in [5, 5.41) is 0.